The van der Waals surface area contributed by atoms with Gasteiger partial charge >= 0.3 is 5.97 Å². The molecule has 0 aliphatic carbocycles. The lowest BCUT2D eigenvalue weighted by molar-refractivity contribution is -0.146. The molecule has 1 amide bonds. The van der Waals surface area contributed by atoms with Gasteiger partial charge < -0.3 is 10.0 Å². The summed E-state index contributed by atoms with van der Waals surface area (Å²) < 4.78 is 0. The van der Waals surface area contributed by atoms with Gasteiger partial charge in [0.05, 0.1) is 6.54 Å². The Morgan fingerprint density at radius 2 is 2.00 bits per heavy atom. The largest absolute Gasteiger partial charge is 0.480 e. The topological polar surface area (TPSA) is 60.9 Å². The van der Waals surface area contributed by atoms with Crippen molar-refractivity contribution in [3.8, 4) is 0 Å². The monoisotopic (exact) mass is 290 g/mol. The highest BCUT2D eigenvalue weighted by Gasteiger charge is 2.30. The summed E-state index contributed by atoms with van der Waals surface area (Å²) in [5.41, 5.74) is 1.07. The minimum absolute atomic E-state index is 0.0352. The molecule has 1 aromatic carbocycles. The Hall–Kier alpha value is -1.88. The molecule has 1 fully saturated rings. The number of likely N-dealkylation sites (tertiary alicyclic amines) is 1. The average Bonchev–Trinajstić information content (AvgIpc) is 2.48. The molecule has 1 unspecified atom stereocenters. The number of piperidine rings is 1. The van der Waals surface area contributed by atoms with E-state index < -0.39 is 12.0 Å². The van der Waals surface area contributed by atoms with Gasteiger partial charge in [-0.15, -0.1) is 0 Å². The van der Waals surface area contributed by atoms with Crippen molar-refractivity contribution < 1.29 is 14.7 Å². The quantitative estimate of drug-likeness (QED) is 0.894. The Morgan fingerprint density at radius 1 is 1.29 bits per heavy atom. The summed E-state index contributed by atoms with van der Waals surface area (Å²) in [6.07, 6.45) is 2.51. The summed E-state index contributed by atoms with van der Waals surface area (Å²) in [6, 6.07) is 9.26. The Kier molecular flexibility index (Phi) is 5.33. The predicted octanol–water partition coefficient (Wildman–Crippen LogP) is 1.58. The third-order valence-electron chi connectivity index (χ3n) is 3.93. The third-order valence-corrected chi connectivity index (χ3v) is 3.93. The highest BCUT2D eigenvalue weighted by molar-refractivity contribution is 5.80. The number of carbonyl (C=O) groups excluding carboxylic acids is 1. The number of carbonyl (C=O) groups is 2. The smallest absolute Gasteiger partial charge is 0.320 e. The van der Waals surface area contributed by atoms with Gasteiger partial charge in [-0.1, -0.05) is 36.8 Å². The zero-order valence-electron chi connectivity index (χ0n) is 12.4. The van der Waals surface area contributed by atoms with E-state index in [4.69, 9.17) is 0 Å². The van der Waals surface area contributed by atoms with Crippen molar-refractivity contribution in [2.45, 2.75) is 31.8 Å². The molecule has 1 saturated heterocycles. The SMILES string of the molecule is CN(Cc1ccccc1)C(=O)CN1CCCCC1C(=O)O. The van der Waals surface area contributed by atoms with Gasteiger partial charge in [-0.25, -0.2) is 0 Å². The van der Waals surface area contributed by atoms with Gasteiger partial charge in [0.15, 0.2) is 0 Å². The van der Waals surface area contributed by atoms with Gasteiger partial charge in [0, 0.05) is 13.6 Å². The van der Waals surface area contributed by atoms with Crippen molar-refractivity contribution in [2.75, 3.05) is 20.1 Å². The van der Waals surface area contributed by atoms with Crippen molar-refractivity contribution in [1.82, 2.24) is 9.80 Å². The van der Waals surface area contributed by atoms with Crippen LogP contribution in [0.5, 0.6) is 0 Å². The van der Waals surface area contributed by atoms with Crippen LogP contribution in [0.4, 0.5) is 0 Å². The number of amides is 1. The van der Waals surface area contributed by atoms with Crippen LogP contribution in [0.25, 0.3) is 0 Å². The number of carboxylic acids is 1. The summed E-state index contributed by atoms with van der Waals surface area (Å²) in [5, 5.41) is 9.23. The Labute approximate surface area is 125 Å². The van der Waals surface area contributed by atoms with Gasteiger partial charge in [-0.05, 0) is 24.9 Å². The second-order valence-corrected chi connectivity index (χ2v) is 5.56. The van der Waals surface area contributed by atoms with Crippen LogP contribution in [0.15, 0.2) is 30.3 Å². The normalized spacial score (nSPS) is 19.2. The fourth-order valence-electron chi connectivity index (χ4n) is 2.70. The van der Waals surface area contributed by atoms with E-state index in [9.17, 15) is 14.7 Å². The van der Waals surface area contributed by atoms with Crippen molar-refractivity contribution >= 4 is 11.9 Å². The van der Waals surface area contributed by atoms with E-state index in [-0.39, 0.29) is 12.5 Å². The van der Waals surface area contributed by atoms with Crippen LogP contribution >= 0.6 is 0 Å². The van der Waals surface area contributed by atoms with Gasteiger partial charge in [-0.2, -0.15) is 0 Å². The number of benzene rings is 1. The first-order chi connectivity index (χ1) is 10.1. The molecule has 5 heteroatoms. The number of carboxylic acid groups (broad SMARTS) is 1. The minimum Gasteiger partial charge on any atom is -0.480 e. The molecule has 0 bridgehead atoms. The number of likely N-dealkylation sites (N-methyl/N-ethyl adjacent to an activating group) is 1. The van der Waals surface area contributed by atoms with E-state index in [2.05, 4.69) is 0 Å². The molecule has 21 heavy (non-hydrogen) atoms. The number of hydrogen-bond acceptors (Lipinski definition) is 3. The fourth-order valence-corrected chi connectivity index (χ4v) is 2.70. The van der Waals surface area contributed by atoms with Crippen molar-refractivity contribution in [3.63, 3.8) is 0 Å². The van der Waals surface area contributed by atoms with E-state index in [0.717, 1.165) is 18.4 Å². The lowest BCUT2D eigenvalue weighted by Crippen LogP contribution is -2.49. The minimum atomic E-state index is -0.826. The highest BCUT2D eigenvalue weighted by atomic mass is 16.4. The maximum atomic E-state index is 12.3. The standard InChI is InChI=1S/C16H22N2O3/c1-17(11-13-7-3-2-4-8-13)15(19)12-18-10-6-5-9-14(18)16(20)21/h2-4,7-8,14H,5-6,9-12H2,1H3,(H,20,21). The van der Waals surface area contributed by atoms with Crippen LogP contribution in [0.1, 0.15) is 24.8 Å². The number of nitrogens with zero attached hydrogens (tertiary/aromatic N) is 2. The Bertz CT molecular complexity index is 490. The van der Waals surface area contributed by atoms with Crippen LogP contribution < -0.4 is 0 Å². The van der Waals surface area contributed by atoms with E-state index >= 15 is 0 Å². The predicted molar refractivity (Wildman–Crippen MR) is 79.8 cm³/mol. The number of hydrogen-bond donors (Lipinski definition) is 1. The van der Waals surface area contributed by atoms with Gasteiger partial charge in [0.1, 0.15) is 6.04 Å². The van der Waals surface area contributed by atoms with E-state index in [1.165, 1.54) is 0 Å². The lowest BCUT2D eigenvalue weighted by atomic mass is 10.0. The van der Waals surface area contributed by atoms with E-state index in [0.29, 0.717) is 19.5 Å². The molecule has 5 nitrogen and oxygen atoms in total. The molecule has 0 saturated carbocycles. The van der Waals surface area contributed by atoms with Crippen LogP contribution in [-0.2, 0) is 16.1 Å². The van der Waals surface area contributed by atoms with Gasteiger partial charge in [0.25, 0.3) is 0 Å². The molecule has 2 rings (SSSR count). The number of aliphatic carboxylic acids is 1. The average molecular weight is 290 g/mol. The Balaban J connectivity index is 1.91. The van der Waals surface area contributed by atoms with Gasteiger partial charge in [0.2, 0.25) is 5.91 Å². The van der Waals surface area contributed by atoms with Crippen molar-refractivity contribution in [1.29, 1.82) is 0 Å². The number of rotatable bonds is 5. The molecule has 1 aliphatic rings. The summed E-state index contributed by atoms with van der Waals surface area (Å²) >= 11 is 0. The van der Waals surface area contributed by atoms with Crippen LogP contribution in [0.2, 0.25) is 0 Å². The highest BCUT2D eigenvalue weighted by Crippen LogP contribution is 2.17. The van der Waals surface area contributed by atoms with Crippen molar-refractivity contribution in [3.05, 3.63) is 35.9 Å². The van der Waals surface area contributed by atoms with Crippen molar-refractivity contribution in [2.24, 2.45) is 0 Å². The second kappa shape index (κ2) is 7.22. The zero-order valence-corrected chi connectivity index (χ0v) is 12.4. The molecule has 114 valence electrons. The Morgan fingerprint density at radius 3 is 2.67 bits per heavy atom. The molecule has 0 radical (unpaired) electrons. The summed E-state index contributed by atoms with van der Waals surface area (Å²) in [4.78, 5) is 27.0. The molecule has 1 heterocycles. The molecule has 1 aliphatic heterocycles. The molecule has 1 aromatic rings. The summed E-state index contributed by atoms with van der Waals surface area (Å²) in [7, 11) is 1.76. The van der Waals surface area contributed by atoms with E-state index in [1.807, 2.05) is 30.3 Å². The van der Waals surface area contributed by atoms with Crippen LogP contribution in [0, 0.1) is 0 Å². The van der Waals surface area contributed by atoms with E-state index in [1.54, 1.807) is 16.8 Å². The maximum Gasteiger partial charge on any atom is 0.320 e. The molecule has 1 atom stereocenters. The lowest BCUT2D eigenvalue weighted by Gasteiger charge is -2.33. The zero-order chi connectivity index (χ0) is 15.2. The molecule has 0 aromatic heterocycles. The summed E-state index contributed by atoms with van der Waals surface area (Å²) in [6.45, 7) is 1.41. The van der Waals surface area contributed by atoms with Crippen LogP contribution in [-0.4, -0.2) is 53.0 Å². The summed E-state index contributed by atoms with van der Waals surface area (Å²) in [5.74, 6) is -0.861. The first kappa shape index (κ1) is 15.5. The first-order valence-electron chi connectivity index (χ1n) is 7.32. The molecular formula is C16H22N2O3. The molecule has 0 spiro atoms. The first-order valence-corrected chi connectivity index (χ1v) is 7.32. The maximum absolute atomic E-state index is 12.3. The third kappa shape index (κ3) is 4.29. The molecular weight excluding hydrogens is 268 g/mol. The second-order valence-electron chi connectivity index (χ2n) is 5.56. The molecule has 1 N–H and O–H groups in total. The fraction of sp³-hybridized carbons (Fsp3) is 0.500. The van der Waals surface area contributed by atoms with Gasteiger partial charge in [-0.3, -0.25) is 14.5 Å². The van der Waals surface area contributed by atoms with Crippen LogP contribution in [0.3, 0.4) is 0 Å².